The van der Waals surface area contributed by atoms with Crippen molar-refractivity contribution in [2.24, 2.45) is 0 Å². The van der Waals surface area contributed by atoms with E-state index in [2.05, 4.69) is 15.6 Å². The van der Waals surface area contributed by atoms with Gasteiger partial charge in [-0.2, -0.15) is 0 Å². The first-order valence-corrected chi connectivity index (χ1v) is 8.94. The summed E-state index contributed by atoms with van der Waals surface area (Å²) in [7, 11) is 0. The number of amides is 1. The molecule has 0 saturated carbocycles. The Labute approximate surface area is 159 Å². The molecule has 0 saturated heterocycles. The number of hydrogen-bond acceptors (Lipinski definition) is 4. The van der Waals surface area contributed by atoms with E-state index in [-0.39, 0.29) is 5.91 Å². The molecule has 0 aliphatic rings. The van der Waals surface area contributed by atoms with Crippen molar-refractivity contribution in [3.8, 4) is 5.75 Å². The number of carbonyl (C=O) groups excluding carboxylic acids is 1. The summed E-state index contributed by atoms with van der Waals surface area (Å²) in [6.45, 7) is 5.09. The number of pyridine rings is 1. The minimum absolute atomic E-state index is 0.200. The van der Waals surface area contributed by atoms with Gasteiger partial charge in [0, 0.05) is 24.1 Å². The highest BCUT2D eigenvalue weighted by Gasteiger charge is 2.09. The lowest BCUT2D eigenvalue weighted by Gasteiger charge is -2.10. The Bertz CT molecular complexity index is 907. The molecule has 138 valence electrons. The van der Waals surface area contributed by atoms with Gasteiger partial charge in [0.2, 0.25) is 0 Å². The van der Waals surface area contributed by atoms with E-state index in [0.717, 1.165) is 28.3 Å². The smallest absolute Gasteiger partial charge is 0.270 e. The predicted octanol–water partition coefficient (Wildman–Crippen LogP) is 4.46. The van der Waals surface area contributed by atoms with Crippen molar-refractivity contribution in [3.05, 3.63) is 83.7 Å². The van der Waals surface area contributed by atoms with E-state index in [0.29, 0.717) is 18.8 Å². The van der Waals surface area contributed by atoms with Crippen LogP contribution in [0.5, 0.6) is 5.75 Å². The summed E-state index contributed by atoms with van der Waals surface area (Å²) in [5, 5.41) is 6.20. The van der Waals surface area contributed by atoms with Gasteiger partial charge in [-0.3, -0.25) is 9.78 Å². The van der Waals surface area contributed by atoms with Crippen LogP contribution in [0.25, 0.3) is 0 Å². The molecule has 5 nitrogen and oxygen atoms in total. The number of nitrogens with zero attached hydrogens (tertiary/aromatic N) is 1. The Kier molecular flexibility index (Phi) is 6.05. The number of benzene rings is 2. The summed E-state index contributed by atoms with van der Waals surface area (Å²) in [6, 6.07) is 19.2. The molecule has 0 bridgehead atoms. The van der Waals surface area contributed by atoms with Crippen molar-refractivity contribution in [3.63, 3.8) is 0 Å². The minimum Gasteiger partial charge on any atom is -0.494 e. The number of carbonyl (C=O) groups is 1. The third-order valence-electron chi connectivity index (χ3n) is 4.15. The molecule has 0 fully saturated rings. The van der Waals surface area contributed by atoms with Crippen LogP contribution < -0.4 is 15.4 Å². The van der Waals surface area contributed by atoms with E-state index in [1.54, 1.807) is 12.3 Å². The number of aryl methyl sites for hydroxylation is 1. The van der Waals surface area contributed by atoms with Gasteiger partial charge >= 0.3 is 0 Å². The van der Waals surface area contributed by atoms with Crippen molar-refractivity contribution >= 4 is 17.3 Å². The molecule has 3 rings (SSSR count). The van der Waals surface area contributed by atoms with Crippen LogP contribution in [-0.4, -0.2) is 17.5 Å². The van der Waals surface area contributed by atoms with Gasteiger partial charge in [0.05, 0.1) is 6.61 Å². The lowest BCUT2D eigenvalue weighted by Crippen LogP contribution is -2.24. The summed E-state index contributed by atoms with van der Waals surface area (Å²) in [6.07, 6.45) is 1.62. The normalized spacial score (nSPS) is 10.3. The molecule has 1 amide bonds. The van der Waals surface area contributed by atoms with Crippen molar-refractivity contribution in [1.82, 2.24) is 10.3 Å². The number of nitrogens with one attached hydrogen (secondary N) is 2. The fourth-order valence-electron chi connectivity index (χ4n) is 2.67. The van der Waals surface area contributed by atoms with E-state index >= 15 is 0 Å². The standard InChI is InChI=1S/C22H23N3O2/c1-3-27-20-10-8-18(9-11-20)25-19-12-13-23-21(14-19)22(26)24-15-17-7-5-4-6-16(17)2/h4-14H,3,15H2,1-2H3,(H,23,25)(H,24,26). The molecule has 2 aromatic carbocycles. The zero-order valence-electron chi connectivity index (χ0n) is 15.5. The van der Waals surface area contributed by atoms with Gasteiger partial charge in [-0.1, -0.05) is 24.3 Å². The lowest BCUT2D eigenvalue weighted by atomic mass is 10.1. The minimum atomic E-state index is -0.200. The molecule has 27 heavy (non-hydrogen) atoms. The molecular formula is C22H23N3O2. The maximum atomic E-state index is 12.4. The molecule has 0 aliphatic heterocycles. The molecule has 0 spiro atoms. The van der Waals surface area contributed by atoms with Crippen LogP contribution in [0, 0.1) is 6.92 Å². The Hall–Kier alpha value is -3.34. The number of ether oxygens (including phenoxy) is 1. The number of hydrogen-bond donors (Lipinski definition) is 2. The fraction of sp³-hybridized carbons (Fsp3) is 0.182. The first kappa shape index (κ1) is 18.5. The van der Waals surface area contributed by atoms with Gasteiger partial charge in [0.15, 0.2) is 0 Å². The predicted molar refractivity (Wildman–Crippen MR) is 107 cm³/mol. The van der Waals surface area contributed by atoms with E-state index in [1.165, 1.54) is 0 Å². The molecule has 1 heterocycles. The highest BCUT2D eigenvalue weighted by Crippen LogP contribution is 2.20. The Balaban J connectivity index is 1.64. The zero-order valence-corrected chi connectivity index (χ0v) is 15.5. The highest BCUT2D eigenvalue weighted by atomic mass is 16.5. The number of rotatable bonds is 7. The maximum Gasteiger partial charge on any atom is 0.270 e. The molecule has 1 aromatic heterocycles. The second-order valence-electron chi connectivity index (χ2n) is 6.12. The van der Waals surface area contributed by atoms with Gasteiger partial charge in [-0.05, 0) is 61.4 Å². The largest absolute Gasteiger partial charge is 0.494 e. The number of aromatic nitrogens is 1. The van der Waals surface area contributed by atoms with Crippen molar-refractivity contribution in [2.45, 2.75) is 20.4 Å². The van der Waals surface area contributed by atoms with Crippen LogP contribution in [0.3, 0.4) is 0 Å². The van der Waals surface area contributed by atoms with Crippen LogP contribution >= 0.6 is 0 Å². The summed E-state index contributed by atoms with van der Waals surface area (Å²) >= 11 is 0. The zero-order chi connectivity index (χ0) is 19.1. The molecular weight excluding hydrogens is 338 g/mol. The molecule has 0 unspecified atom stereocenters. The molecule has 2 N–H and O–H groups in total. The SMILES string of the molecule is CCOc1ccc(Nc2ccnc(C(=O)NCc3ccccc3C)c2)cc1. The van der Waals surface area contributed by atoms with E-state index in [4.69, 9.17) is 4.74 Å². The molecule has 0 radical (unpaired) electrons. The lowest BCUT2D eigenvalue weighted by molar-refractivity contribution is 0.0946. The van der Waals surface area contributed by atoms with E-state index in [1.807, 2.05) is 68.4 Å². The van der Waals surface area contributed by atoms with Crippen molar-refractivity contribution < 1.29 is 9.53 Å². The van der Waals surface area contributed by atoms with Crippen LogP contribution in [0.4, 0.5) is 11.4 Å². The van der Waals surface area contributed by atoms with Crippen LogP contribution in [-0.2, 0) is 6.54 Å². The van der Waals surface area contributed by atoms with E-state index < -0.39 is 0 Å². The summed E-state index contributed by atoms with van der Waals surface area (Å²) < 4.78 is 5.44. The van der Waals surface area contributed by atoms with Gasteiger partial charge in [0.1, 0.15) is 11.4 Å². The maximum absolute atomic E-state index is 12.4. The van der Waals surface area contributed by atoms with Crippen LogP contribution in [0.15, 0.2) is 66.9 Å². The molecule has 3 aromatic rings. The quantitative estimate of drug-likeness (QED) is 0.652. The van der Waals surface area contributed by atoms with Crippen molar-refractivity contribution in [1.29, 1.82) is 0 Å². The Morgan fingerprint density at radius 1 is 1.04 bits per heavy atom. The van der Waals surface area contributed by atoms with Gasteiger partial charge in [-0.25, -0.2) is 0 Å². The third-order valence-corrected chi connectivity index (χ3v) is 4.15. The van der Waals surface area contributed by atoms with Crippen molar-refractivity contribution in [2.75, 3.05) is 11.9 Å². The number of anilines is 2. The first-order valence-electron chi connectivity index (χ1n) is 8.94. The van der Waals surface area contributed by atoms with Crippen LogP contribution in [0.1, 0.15) is 28.5 Å². The first-order chi connectivity index (χ1) is 13.2. The average molecular weight is 361 g/mol. The fourth-order valence-corrected chi connectivity index (χ4v) is 2.67. The van der Waals surface area contributed by atoms with Gasteiger partial charge in [-0.15, -0.1) is 0 Å². The van der Waals surface area contributed by atoms with Gasteiger partial charge in [0.25, 0.3) is 5.91 Å². The second kappa shape index (κ2) is 8.85. The molecule has 5 heteroatoms. The summed E-state index contributed by atoms with van der Waals surface area (Å²) in [5.74, 6) is 0.627. The highest BCUT2D eigenvalue weighted by molar-refractivity contribution is 5.93. The molecule has 0 aliphatic carbocycles. The summed E-state index contributed by atoms with van der Waals surface area (Å²) in [4.78, 5) is 16.6. The third kappa shape index (κ3) is 5.07. The second-order valence-corrected chi connectivity index (χ2v) is 6.12. The monoisotopic (exact) mass is 361 g/mol. The van der Waals surface area contributed by atoms with Crippen LogP contribution in [0.2, 0.25) is 0 Å². The Morgan fingerprint density at radius 3 is 2.56 bits per heavy atom. The molecule has 0 atom stereocenters. The van der Waals surface area contributed by atoms with Gasteiger partial charge < -0.3 is 15.4 Å². The Morgan fingerprint density at radius 2 is 1.81 bits per heavy atom. The topological polar surface area (TPSA) is 63.2 Å². The van der Waals surface area contributed by atoms with E-state index in [9.17, 15) is 4.79 Å². The average Bonchev–Trinajstić information content (AvgIpc) is 2.69. The summed E-state index contributed by atoms with van der Waals surface area (Å²) in [5.41, 5.74) is 4.33.